The van der Waals surface area contributed by atoms with Crippen LogP contribution in [0, 0.1) is 0 Å². The first-order chi connectivity index (χ1) is 15.1. The van der Waals surface area contributed by atoms with Gasteiger partial charge in [-0.05, 0) is 45.2 Å². The van der Waals surface area contributed by atoms with Crippen LogP contribution in [0.5, 0.6) is 5.88 Å². The van der Waals surface area contributed by atoms with E-state index in [4.69, 9.17) is 10.5 Å². The Bertz CT molecular complexity index is 569. The summed E-state index contributed by atoms with van der Waals surface area (Å²) < 4.78 is 5.79. The molecule has 1 aliphatic rings. The third-order valence-electron chi connectivity index (χ3n) is 4.86. The standard InChI is InChI=1S/C21H36N4O2.2C2H6/c1-3-10-25(11-4-2)18-15-20(22)23-21(16-18)27-14-8-9-19(26)17-24-12-6-5-7-13-24;2*1-2/h15-16H,3-14,17H2,1-2H3,(H2,22,23);2*1-2H3. The van der Waals surface area contributed by atoms with Gasteiger partial charge < -0.3 is 15.4 Å². The topological polar surface area (TPSA) is 71.7 Å². The number of hydrogen-bond acceptors (Lipinski definition) is 6. The molecule has 2 N–H and O–H groups in total. The van der Waals surface area contributed by atoms with Crippen molar-refractivity contribution < 1.29 is 9.53 Å². The molecular weight excluding hydrogens is 388 g/mol. The van der Waals surface area contributed by atoms with Crippen LogP contribution in [-0.4, -0.2) is 55.0 Å². The van der Waals surface area contributed by atoms with Crippen molar-refractivity contribution >= 4 is 17.3 Å². The lowest BCUT2D eigenvalue weighted by molar-refractivity contribution is -0.120. The van der Waals surface area contributed by atoms with Crippen LogP contribution in [0.25, 0.3) is 0 Å². The van der Waals surface area contributed by atoms with E-state index in [1.54, 1.807) is 0 Å². The summed E-state index contributed by atoms with van der Waals surface area (Å²) in [4.78, 5) is 21.0. The summed E-state index contributed by atoms with van der Waals surface area (Å²) in [7, 11) is 0. The average molecular weight is 437 g/mol. The maximum atomic E-state index is 12.1. The molecule has 0 aromatic carbocycles. The van der Waals surface area contributed by atoms with Crippen LogP contribution in [0.1, 0.15) is 86.5 Å². The Hall–Kier alpha value is -1.82. The molecule has 0 amide bonds. The molecule has 1 fully saturated rings. The fourth-order valence-corrected chi connectivity index (χ4v) is 3.57. The van der Waals surface area contributed by atoms with Gasteiger partial charge in [0.1, 0.15) is 11.6 Å². The van der Waals surface area contributed by atoms with Gasteiger partial charge in [-0.2, -0.15) is 4.98 Å². The summed E-state index contributed by atoms with van der Waals surface area (Å²) in [5.41, 5.74) is 7.03. The highest BCUT2D eigenvalue weighted by Gasteiger charge is 2.14. The van der Waals surface area contributed by atoms with Crippen LogP contribution in [0.15, 0.2) is 12.1 Å². The number of carbonyl (C=O) groups is 1. The molecule has 2 rings (SSSR count). The molecule has 0 spiro atoms. The zero-order valence-electron chi connectivity index (χ0n) is 21.1. The zero-order valence-corrected chi connectivity index (χ0v) is 21.1. The minimum absolute atomic E-state index is 0.304. The first-order valence-electron chi connectivity index (χ1n) is 12.5. The second kappa shape index (κ2) is 18.9. The Morgan fingerprint density at radius 1 is 1.06 bits per heavy atom. The number of ether oxygens (including phenoxy) is 1. The van der Waals surface area contributed by atoms with Gasteiger partial charge in [-0.15, -0.1) is 0 Å². The predicted molar refractivity (Wildman–Crippen MR) is 134 cm³/mol. The predicted octanol–water partition coefficient (Wildman–Crippen LogP) is 5.56. The number of rotatable bonds is 12. The number of Topliss-reactive ketones (excluding diaryl/α,β-unsaturated/α-hetero) is 1. The van der Waals surface area contributed by atoms with Crippen molar-refractivity contribution in [2.24, 2.45) is 0 Å². The fraction of sp³-hybridized carbons (Fsp3) is 0.760. The van der Waals surface area contributed by atoms with E-state index < -0.39 is 0 Å². The molecule has 6 heteroatoms. The summed E-state index contributed by atoms with van der Waals surface area (Å²) in [6.07, 6.45) is 7.16. The number of ketones is 1. The van der Waals surface area contributed by atoms with E-state index in [2.05, 4.69) is 28.6 Å². The molecular formula is C25H48N4O2. The van der Waals surface area contributed by atoms with Gasteiger partial charge in [-0.1, -0.05) is 48.0 Å². The lowest BCUT2D eigenvalue weighted by Crippen LogP contribution is -2.34. The lowest BCUT2D eigenvalue weighted by atomic mass is 10.1. The number of hydrogen-bond donors (Lipinski definition) is 1. The molecule has 6 nitrogen and oxygen atoms in total. The Morgan fingerprint density at radius 2 is 1.68 bits per heavy atom. The number of nitrogens with two attached hydrogens (primary N) is 1. The smallest absolute Gasteiger partial charge is 0.217 e. The first kappa shape index (κ1) is 29.2. The zero-order chi connectivity index (χ0) is 23.5. The van der Waals surface area contributed by atoms with E-state index in [1.165, 1.54) is 19.3 Å². The Labute approximate surface area is 191 Å². The van der Waals surface area contributed by atoms with Crippen LogP contribution in [0.3, 0.4) is 0 Å². The van der Waals surface area contributed by atoms with Crippen LogP contribution in [0.2, 0.25) is 0 Å². The highest BCUT2D eigenvalue weighted by atomic mass is 16.5. The van der Waals surface area contributed by atoms with E-state index >= 15 is 0 Å². The van der Waals surface area contributed by atoms with Crippen molar-refractivity contribution in [2.45, 2.75) is 86.5 Å². The fourth-order valence-electron chi connectivity index (χ4n) is 3.57. The number of piperidine rings is 1. The number of pyridine rings is 1. The Balaban J connectivity index is 0.00000212. The number of nitrogens with zero attached hydrogens (tertiary/aromatic N) is 3. The molecule has 0 radical (unpaired) electrons. The van der Waals surface area contributed by atoms with Crippen LogP contribution < -0.4 is 15.4 Å². The van der Waals surface area contributed by atoms with Gasteiger partial charge in [-0.3, -0.25) is 9.69 Å². The van der Waals surface area contributed by atoms with Gasteiger partial charge in [0.05, 0.1) is 13.2 Å². The maximum absolute atomic E-state index is 12.1. The second-order valence-corrected chi connectivity index (χ2v) is 7.40. The molecule has 31 heavy (non-hydrogen) atoms. The van der Waals surface area contributed by atoms with Crippen LogP contribution >= 0.6 is 0 Å². The summed E-state index contributed by atoms with van der Waals surface area (Å²) in [6.45, 7) is 17.5. The monoisotopic (exact) mass is 436 g/mol. The van der Waals surface area contributed by atoms with E-state index in [9.17, 15) is 4.79 Å². The van der Waals surface area contributed by atoms with E-state index in [1.807, 2.05) is 39.8 Å². The van der Waals surface area contributed by atoms with Crippen molar-refractivity contribution in [2.75, 3.05) is 50.0 Å². The van der Waals surface area contributed by atoms with Crippen molar-refractivity contribution in [3.8, 4) is 5.88 Å². The van der Waals surface area contributed by atoms with Crippen LogP contribution in [-0.2, 0) is 4.79 Å². The highest BCUT2D eigenvalue weighted by Crippen LogP contribution is 2.23. The lowest BCUT2D eigenvalue weighted by Gasteiger charge is -2.25. The number of nitrogen functional groups attached to an aromatic ring is 1. The van der Waals surface area contributed by atoms with Crippen molar-refractivity contribution in [3.63, 3.8) is 0 Å². The third-order valence-corrected chi connectivity index (χ3v) is 4.86. The normalized spacial score (nSPS) is 13.4. The van der Waals surface area contributed by atoms with Gasteiger partial charge in [0.25, 0.3) is 0 Å². The summed E-state index contributed by atoms with van der Waals surface area (Å²) >= 11 is 0. The quantitative estimate of drug-likeness (QED) is 0.433. The van der Waals surface area contributed by atoms with Gasteiger partial charge in [0.2, 0.25) is 5.88 Å². The summed E-state index contributed by atoms with van der Waals surface area (Å²) in [5.74, 6) is 1.32. The summed E-state index contributed by atoms with van der Waals surface area (Å²) in [6, 6.07) is 3.86. The van der Waals surface area contributed by atoms with Crippen molar-refractivity contribution in [1.82, 2.24) is 9.88 Å². The molecule has 0 aliphatic carbocycles. The number of carbonyl (C=O) groups excluding carboxylic acids is 1. The molecule has 0 atom stereocenters. The van der Waals surface area contributed by atoms with Crippen molar-refractivity contribution in [1.29, 1.82) is 0 Å². The van der Waals surface area contributed by atoms with Crippen LogP contribution in [0.4, 0.5) is 11.5 Å². The molecule has 180 valence electrons. The molecule has 1 saturated heterocycles. The molecule has 1 aromatic rings. The SMILES string of the molecule is CC.CC.CCCN(CCC)c1cc(N)nc(OCCCC(=O)CN2CCCCC2)c1. The minimum atomic E-state index is 0.304. The number of anilines is 2. The van der Waals surface area contributed by atoms with Gasteiger partial charge in [0, 0.05) is 37.3 Å². The highest BCUT2D eigenvalue weighted by molar-refractivity contribution is 5.80. The molecule has 0 saturated carbocycles. The summed E-state index contributed by atoms with van der Waals surface area (Å²) in [5, 5.41) is 0. The Kier molecular flexibility index (Phi) is 17.8. The van der Waals surface area contributed by atoms with E-state index in [0.29, 0.717) is 43.5 Å². The van der Waals surface area contributed by atoms with Gasteiger partial charge in [-0.25, -0.2) is 0 Å². The first-order valence-corrected chi connectivity index (χ1v) is 12.5. The molecule has 1 aliphatic heterocycles. The number of likely N-dealkylation sites (tertiary alicyclic amines) is 1. The number of aromatic nitrogens is 1. The van der Waals surface area contributed by atoms with E-state index in [-0.39, 0.29) is 0 Å². The molecule has 1 aromatic heterocycles. The van der Waals surface area contributed by atoms with Gasteiger partial charge in [0.15, 0.2) is 0 Å². The maximum Gasteiger partial charge on any atom is 0.217 e. The molecule has 0 unspecified atom stereocenters. The third kappa shape index (κ3) is 12.6. The largest absolute Gasteiger partial charge is 0.478 e. The molecule has 0 bridgehead atoms. The minimum Gasteiger partial charge on any atom is -0.478 e. The molecule has 2 heterocycles. The van der Waals surface area contributed by atoms with Gasteiger partial charge >= 0.3 is 0 Å². The average Bonchev–Trinajstić information content (AvgIpc) is 2.80. The van der Waals surface area contributed by atoms with E-state index in [0.717, 1.165) is 44.7 Å². The second-order valence-electron chi connectivity index (χ2n) is 7.40. The van der Waals surface area contributed by atoms with Crippen molar-refractivity contribution in [3.05, 3.63) is 12.1 Å². The Morgan fingerprint density at radius 3 is 2.26 bits per heavy atom.